The van der Waals surface area contributed by atoms with E-state index in [0.29, 0.717) is 11.5 Å². The molecule has 1 heterocycles. The van der Waals surface area contributed by atoms with Gasteiger partial charge in [0, 0.05) is 24.3 Å². The monoisotopic (exact) mass is 235 g/mol. The van der Waals surface area contributed by atoms with Crippen molar-refractivity contribution < 1.29 is 9.18 Å². The van der Waals surface area contributed by atoms with Gasteiger partial charge in [-0.25, -0.2) is 4.39 Å². The summed E-state index contributed by atoms with van der Waals surface area (Å²) in [5.41, 5.74) is 1.34. The molecule has 1 atom stereocenters. The lowest BCUT2D eigenvalue weighted by Crippen LogP contribution is -2.21. The molecule has 1 aliphatic heterocycles. The van der Waals surface area contributed by atoms with Gasteiger partial charge >= 0.3 is 0 Å². The molecule has 0 saturated carbocycles. The minimum absolute atomic E-state index is 0.347. The number of hydrogen-bond donors (Lipinski definition) is 0. The summed E-state index contributed by atoms with van der Waals surface area (Å²) in [6, 6.07) is 4.46. The zero-order chi connectivity index (χ0) is 12.3. The number of halogens is 1. The highest BCUT2D eigenvalue weighted by Crippen LogP contribution is 2.28. The molecule has 2 rings (SSSR count). The standard InChI is InChI=1S/C14H18FNO/c1-2-3-11-6-7-16(9-11)14-5-4-13(15)8-12(14)10-17/h4-5,8,10-11H,2-3,6-7,9H2,1H3. The largest absolute Gasteiger partial charge is 0.371 e. The van der Waals surface area contributed by atoms with Crippen molar-refractivity contribution in [2.24, 2.45) is 5.92 Å². The van der Waals surface area contributed by atoms with Gasteiger partial charge in [0.1, 0.15) is 5.82 Å². The SMILES string of the molecule is CCCC1CCN(c2ccc(F)cc2C=O)C1. The van der Waals surface area contributed by atoms with Gasteiger partial charge in [0.15, 0.2) is 6.29 Å². The number of aldehydes is 1. The smallest absolute Gasteiger partial charge is 0.152 e. The Hall–Kier alpha value is -1.38. The van der Waals surface area contributed by atoms with Crippen LogP contribution in [-0.2, 0) is 0 Å². The molecule has 0 N–H and O–H groups in total. The van der Waals surface area contributed by atoms with Gasteiger partial charge in [-0.3, -0.25) is 4.79 Å². The van der Waals surface area contributed by atoms with Crippen molar-refractivity contribution in [1.82, 2.24) is 0 Å². The van der Waals surface area contributed by atoms with Gasteiger partial charge in [0.2, 0.25) is 0 Å². The number of hydrogen-bond acceptors (Lipinski definition) is 2. The van der Waals surface area contributed by atoms with E-state index in [1.54, 1.807) is 6.07 Å². The number of carbonyl (C=O) groups is 1. The molecule has 0 aromatic heterocycles. The maximum Gasteiger partial charge on any atom is 0.152 e. The van der Waals surface area contributed by atoms with Crippen molar-refractivity contribution in [3.05, 3.63) is 29.6 Å². The lowest BCUT2D eigenvalue weighted by atomic mass is 10.0. The van der Waals surface area contributed by atoms with E-state index >= 15 is 0 Å². The zero-order valence-electron chi connectivity index (χ0n) is 10.2. The van der Waals surface area contributed by atoms with Crippen molar-refractivity contribution in [3.8, 4) is 0 Å². The van der Waals surface area contributed by atoms with Crippen LogP contribution in [0.1, 0.15) is 36.5 Å². The highest BCUT2D eigenvalue weighted by Gasteiger charge is 2.23. The minimum atomic E-state index is -0.347. The molecule has 17 heavy (non-hydrogen) atoms. The zero-order valence-corrected chi connectivity index (χ0v) is 10.2. The highest BCUT2D eigenvalue weighted by molar-refractivity contribution is 5.84. The van der Waals surface area contributed by atoms with E-state index in [0.717, 1.165) is 25.1 Å². The number of anilines is 1. The Bertz CT molecular complexity index is 405. The molecule has 0 aliphatic carbocycles. The van der Waals surface area contributed by atoms with Crippen LogP contribution in [-0.4, -0.2) is 19.4 Å². The number of carbonyl (C=O) groups excluding carboxylic acids is 1. The fourth-order valence-corrected chi connectivity index (χ4v) is 2.60. The summed E-state index contributed by atoms with van der Waals surface area (Å²) in [5.74, 6) is 0.365. The highest BCUT2D eigenvalue weighted by atomic mass is 19.1. The molecule has 1 fully saturated rings. The van der Waals surface area contributed by atoms with Crippen LogP contribution in [0.2, 0.25) is 0 Å². The summed E-state index contributed by atoms with van der Waals surface area (Å²) < 4.78 is 13.0. The van der Waals surface area contributed by atoms with E-state index in [9.17, 15) is 9.18 Å². The molecule has 1 aromatic carbocycles. The Labute approximate surface area is 101 Å². The molecular weight excluding hydrogens is 217 g/mol. The summed E-state index contributed by atoms with van der Waals surface area (Å²) in [4.78, 5) is 13.1. The van der Waals surface area contributed by atoms with Crippen LogP contribution in [0.15, 0.2) is 18.2 Å². The average Bonchev–Trinajstić information content (AvgIpc) is 2.78. The lowest BCUT2D eigenvalue weighted by Gasteiger charge is -2.20. The first-order valence-corrected chi connectivity index (χ1v) is 6.24. The summed E-state index contributed by atoms with van der Waals surface area (Å²) in [7, 11) is 0. The fraction of sp³-hybridized carbons (Fsp3) is 0.500. The molecule has 0 radical (unpaired) electrons. The number of rotatable bonds is 4. The van der Waals surface area contributed by atoms with Crippen LogP contribution in [0.25, 0.3) is 0 Å². The summed E-state index contributed by atoms with van der Waals surface area (Å²) in [6.07, 6.45) is 4.34. The average molecular weight is 235 g/mol. The van der Waals surface area contributed by atoms with E-state index in [-0.39, 0.29) is 5.82 Å². The molecule has 1 unspecified atom stereocenters. The Morgan fingerprint density at radius 2 is 2.35 bits per heavy atom. The quantitative estimate of drug-likeness (QED) is 0.746. The number of nitrogens with zero attached hydrogens (tertiary/aromatic N) is 1. The van der Waals surface area contributed by atoms with E-state index in [1.807, 2.05) is 0 Å². The molecule has 2 nitrogen and oxygen atoms in total. The van der Waals surface area contributed by atoms with Crippen molar-refractivity contribution in [3.63, 3.8) is 0 Å². The van der Waals surface area contributed by atoms with E-state index in [4.69, 9.17) is 0 Å². The molecule has 92 valence electrons. The van der Waals surface area contributed by atoms with Gasteiger partial charge < -0.3 is 4.90 Å². The van der Waals surface area contributed by atoms with E-state index < -0.39 is 0 Å². The first-order chi connectivity index (χ1) is 8.24. The summed E-state index contributed by atoms with van der Waals surface area (Å²) >= 11 is 0. The van der Waals surface area contributed by atoms with Crippen molar-refractivity contribution in [1.29, 1.82) is 0 Å². The van der Waals surface area contributed by atoms with Gasteiger partial charge in [-0.1, -0.05) is 13.3 Å². The van der Waals surface area contributed by atoms with Gasteiger partial charge in [-0.05, 0) is 37.0 Å². The molecule has 1 aromatic rings. The molecule has 1 saturated heterocycles. The molecule has 3 heteroatoms. The Balaban J connectivity index is 2.15. The van der Waals surface area contributed by atoms with Crippen molar-refractivity contribution >= 4 is 12.0 Å². The predicted molar refractivity (Wildman–Crippen MR) is 67.0 cm³/mol. The van der Waals surface area contributed by atoms with Crippen LogP contribution in [0.5, 0.6) is 0 Å². The normalized spacial score (nSPS) is 19.6. The van der Waals surface area contributed by atoms with Crippen molar-refractivity contribution in [2.75, 3.05) is 18.0 Å². The van der Waals surface area contributed by atoms with Crippen LogP contribution in [0.4, 0.5) is 10.1 Å². The van der Waals surface area contributed by atoms with Gasteiger partial charge in [0.05, 0.1) is 0 Å². The second-order valence-electron chi connectivity index (χ2n) is 4.71. The Kier molecular flexibility index (Phi) is 3.77. The van der Waals surface area contributed by atoms with Crippen LogP contribution >= 0.6 is 0 Å². The third kappa shape index (κ3) is 2.65. The summed E-state index contributed by atoms with van der Waals surface area (Å²) in [5, 5.41) is 0. The second-order valence-corrected chi connectivity index (χ2v) is 4.71. The Morgan fingerprint density at radius 3 is 3.06 bits per heavy atom. The maximum atomic E-state index is 13.0. The minimum Gasteiger partial charge on any atom is -0.371 e. The van der Waals surface area contributed by atoms with Crippen LogP contribution in [0, 0.1) is 11.7 Å². The van der Waals surface area contributed by atoms with Gasteiger partial charge in [-0.15, -0.1) is 0 Å². The molecular formula is C14H18FNO. The molecule has 0 amide bonds. The third-order valence-corrected chi connectivity index (χ3v) is 3.44. The number of benzene rings is 1. The van der Waals surface area contributed by atoms with Gasteiger partial charge in [-0.2, -0.15) is 0 Å². The van der Waals surface area contributed by atoms with Crippen LogP contribution in [0.3, 0.4) is 0 Å². The Morgan fingerprint density at radius 1 is 1.53 bits per heavy atom. The van der Waals surface area contributed by atoms with E-state index in [2.05, 4.69) is 11.8 Å². The van der Waals surface area contributed by atoms with Crippen LogP contribution < -0.4 is 4.90 Å². The lowest BCUT2D eigenvalue weighted by molar-refractivity contribution is 0.112. The van der Waals surface area contributed by atoms with E-state index in [1.165, 1.54) is 31.4 Å². The molecule has 0 bridgehead atoms. The predicted octanol–water partition coefficient (Wildman–Crippen LogP) is 3.26. The fourth-order valence-electron chi connectivity index (χ4n) is 2.60. The second kappa shape index (κ2) is 5.30. The first-order valence-electron chi connectivity index (χ1n) is 6.24. The third-order valence-electron chi connectivity index (χ3n) is 3.44. The molecule has 1 aliphatic rings. The first kappa shape index (κ1) is 12.1. The maximum absolute atomic E-state index is 13.0. The topological polar surface area (TPSA) is 20.3 Å². The molecule has 0 spiro atoms. The summed E-state index contributed by atoms with van der Waals surface area (Å²) in [6.45, 7) is 4.15. The van der Waals surface area contributed by atoms with Gasteiger partial charge in [0.25, 0.3) is 0 Å². The van der Waals surface area contributed by atoms with Crippen molar-refractivity contribution in [2.45, 2.75) is 26.2 Å².